The summed E-state index contributed by atoms with van der Waals surface area (Å²) in [4.78, 5) is 13.8. The van der Waals surface area contributed by atoms with Crippen molar-refractivity contribution in [2.24, 2.45) is 0 Å². The molecule has 2 aliphatic rings. The minimum absolute atomic E-state index is 0.0874. The SMILES string of the molecule is [2H]c1c([2H])c([2H])c(-c2cccc(-c3c([2H])c([2H])c([2H])c([2H])c3[2H])c2N2CN(c3cc(N(c4ccccc4)c4ccc5c(c4)N(c4cc(C(C)(C)C)ccn4)c4ccccc4-c4ccccc4-5)cc(C(C)(C)C)c3)c3ccccc32)c([2H])c1[2H]. The van der Waals surface area contributed by atoms with Crippen molar-refractivity contribution in [3.8, 4) is 44.5 Å². The summed E-state index contributed by atoms with van der Waals surface area (Å²) in [7, 11) is 0. The quantitative estimate of drug-likeness (QED) is 0.151. The fourth-order valence-electron chi connectivity index (χ4n) is 10.3. The number of pyridine rings is 1. The molecule has 3 heterocycles. The van der Waals surface area contributed by atoms with E-state index in [9.17, 15) is 5.48 Å². The molecular formula is C68H59N5. The smallest absolute Gasteiger partial charge is 0.137 e. The standard InChI is InChI=1S/C68H59N5/c1-67(2,3)49-39-40-69-65(43-49)73-61-34-19-18-31-59(61)57-29-16-17-30-58(57)60-38-37-52(45-64(60)73)72(51-27-14-9-15-28-51)54-42-50(68(4,5)6)41-53(44-54)70-46-71(63-36-21-20-35-62(63)70)66-55(47-23-10-7-11-24-47)32-22-33-56(66)48-25-12-8-13-26-48/h7-45H,46H2,1-6H3/i7D,8D,10D,11D,12D,13D,23D,24D,25D,26D. The van der Waals surface area contributed by atoms with Crippen LogP contribution in [-0.4, -0.2) is 11.7 Å². The highest BCUT2D eigenvalue weighted by atomic mass is 15.4. The summed E-state index contributed by atoms with van der Waals surface area (Å²) in [5.41, 5.74) is 13.5. The molecule has 0 unspecified atom stereocenters. The van der Waals surface area contributed by atoms with Crippen LogP contribution in [0.25, 0.3) is 44.5 Å². The fraction of sp³-hybridized carbons (Fsp3) is 0.132. The molecule has 0 radical (unpaired) electrons. The van der Waals surface area contributed by atoms with Gasteiger partial charge in [0, 0.05) is 51.2 Å². The third-order valence-electron chi connectivity index (χ3n) is 13.9. The van der Waals surface area contributed by atoms with Gasteiger partial charge < -0.3 is 14.7 Å². The summed E-state index contributed by atoms with van der Waals surface area (Å²) < 4.78 is 89.0. The molecule has 0 atom stereocenters. The van der Waals surface area contributed by atoms with E-state index in [4.69, 9.17) is 13.2 Å². The number of hydrogen-bond acceptors (Lipinski definition) is 5. The third-order valence-corrected chi connectivity index (χ3v) is 13.9. The molecule has 1 aromatic heterocycles. The Kier molecular flexibility index (Phi) is 8.83. The van der Waals surface area contributed by atoms with Crippen LogP contribution in [0.4, 0.5) is 57.0 Å². The molecule has 0 amide bonds. The molecule has 73 heavy (non-hydrogen) atoms. The molecule has 356 valence electrons. The van der Waals surface area contributed by atoms with Gasteiger partial charge in [0.1, 0.15) is 12.5 Å². The first-order valence-corrected chi connectivity index (χ1v) is 24.7. The Morgan fingerprint density at radius 1 is 0.425 bits per heavy atom. The molecule has 0 spiro atoms. The first-order chi connectivity index (χ1) is 39.6. The maximum atomic E-state index is 9.24. The number of nitrogens with zero attached hydrogens (tertiary/aromatic N) is 5. The molecule has 0 aliphatic carbocycles. The van der Waals surface area contributed by atoms with E-state index in [0.29, 0.717) is 11.4 Å². The average Bonchev–Trinajstić information content (AvgIpc) is 2.93. The second kappa shape index (κ2) is 18.2. The normalized spacial score (nSPS) is 14.8. The minimum atomic E-state index is -0.550. The molecule has 0 fully saturated rings. The maximum absolute atomic E-state index is 9.24. The molecule has 2 aliphatic heterocycles. The van der Waals surface area contributed by atoms with Gasteiger partial charge in [-0.25, -0.2) is 4.98 Å². The van der Waals surface area contributed by atoms with Gasteiger partial charge in [0.2, 0.25) is 0 Å². The van der Waals surface area contributed by atoms with Crippen LogP contribution in [0.1, 0.15) is 66.4 Å². The van der Waals surface area contributed by atoms with Gasteiger partial charge in [-0.2, -0.15) is 0 Å². The van der Waals surface area contributed by atoms with Crippen LogP contribution in [0, 0.1) is 0 Å². The number of para-hydroxylation sites is 5. The second-order valence-electron chi connectivity index (χ2n) is 20.6. The predicted octanol–water partition coefficient (Wildman–Crippen LogP) is 18.8. The van der Waals surface area contributed by atoms with Crippen LogP contribution >= 0.6 is 0 Å². The van der Waals surface area contributed by atoms with Crippen LogP contribution in [0.2, 0.25) is 0 Å². The first kappa shape index (κ1) is 35.4. The molecule has 9 aromatic carbocycles. The number of rotatable bonds is 8. The largest absolute Gasteiger partial charge is 0.321 e. The topological polar surface area (TPSA) is 25.9 Å². The lowest BCUT2D eigenvalue weighted by Gasteiger charge is -2.32. The van der Waals surface area contributed by atoms with Gasteiger partial charge in [0.25, 0.3) is 0 Å². The molecule has 12 rings (SSSR count). The van der Waals surface area contributed by atoms with E-state index in [1.54, 1.807) is 18.2 Å². The lowest BCUT2D eigenvalue weighted by Crippen LogP contribution is -2.25. The zero-order valence-corrected chi connectivity index (χ0v) is 41.7. The summed E-state index contributed by atoms with van der Waals surface area (Å²) in [6.45, 7) is 13.3. The molecule has 5 heteroatoms. The van der Waals surface area contributed by atoms with E-state index >= 15 is 0 Å². The monoisotopic (exact) mass is 956 g/mol. The molecule has 0 N–H and O–H groups in total. The van der Waals surface area contributed by atoms with Gasteiger partial charge in [0.15, 0.2) is 0 Å². The fourth-order valence-corrected chi connectivity index (χ4v) is 10.3. The number of aromatic nitrogens is 1. The van der Waals surface area contributed by atoms with Crippen molar-refractivity contribution in [3.05, 3.63) is 248 Å². The third kappa shape index (κ3) is 8.31. The van der Waals surface area contributed by atoms with Crippen molar-refractivity contribution >= 4 is 57.0 Å². The van der Waals surface area contributed by atoms with Gasteiger partial charge in [0.05, 0.1) is 42.1 Å². The number of hydrogen-bond donors (Lipinski definition) is 0. The summed E-state index contributed by atoms with van der Waals surface area (Å²) in [6, 6.07) is 52.7. The van der Waals surface area contributed by atoms with Gasteiger partial charge in [-0.1, -0.05) is 199 Å². The molecule has 0 saturated heterocycles. The Balaban J connectivity index is 1.08. The highest BCUT2D eigenvalue weighted by Crippen LogP contribution is 2.54. The van der Waals surface area contributed by atoms with E-state index < -0.39 is 60.4 Å². The summed E-state index contributed by atoms with van der Waals surface area (Å²) in [5.74, 6) is 0.791. The Morgan fingerprint density at radius 3 is 1.60 bits per heavy atom. The Bertz CT molecular complexity index is 4120. The maximum Gasteiger partial charge on any atom is 0.137 e. The van der Waals surface area contributed by atoms with Crippen molar-refractivity contribution in [3.63, 3.8) is 0 Å². The summed E-state index contributed by atoms with van der Waals surface area (Å²) in [6.07, 6.45) is 1.90. The lowest BCUT2D eigenvalue weighted by atomic mass is 9.86. The zero-order chi connectivity index (χ0) is 58.6. The molecule has 5 nitrogen and oxygen atoms in total. The Labute approximate surface area is 445 Å². The Hall–Kier alpha value is -8.67. The van der Waals surface area contributed by atoms with Crippen LogP contribution in [-0.2, 0) is 10.8 Å². The molecule has 10 aromatic rings. The van der Waals surface area contributed by atoms with E-state index in [0.717, 1.165) is 79.0 Å². The van der Waals surface area contributed by atoms with E-state index in [2.05, 4.69) is 165 Å². The van der Waals surface area contributed by atoms with Crippen molar-refractivity contribution < 1.29 is 13.7 Å². The van der Waals surface area contributed by atoms with Gasteiger partial charge >= 0.3 is 0 Å². The number of anilines is 10. The zero-order valence-electron chi connectivity index (χ0n) is 51.7. The summed E-state index contributed by atoms with van der Waals surface area (Å²) in [5, 5.41) is 0. The van der Waals surface area contributed by atoms with Crippen LogP contribution in [0.3, 0.4) is 0 Å². The number of fused-ring (bicyclic) bond motifs is 6. The average molecular weight is 956 g/mol. The van der Waals surface area contributed by atoms with E-state index in [1.165, 1.54) is 0 Å². The van der Waals surface area contributed by atoms with Crippen LogP contribution < -0.4 is 19.6 Å². The van der Waals surface area contributed by atoms with Crippen LogP contribution in [0.15, 0.2) is 236 Å². The van der Waals surface area contributed by atoms with E-state index in [-0.39, 0.29) is 39.8 Å². The highest BCUT2D eigenvalue weighted by Gasteiger charge is 2.34. The van der Waals surface area contributed by atoms with Crippen LogP contribution in [0.5, 0.6) is 0 Å². The highest BCUT2D eigenvalue weighted by molar-refractivity contribution is 6.04. The second-order valence-corrected chi connectivity index (χ2v) is 20.6. The molecular weight excluding hydrogens is 887 g/mol. The minimum Gasteiger partial charge on any atom is -0.321 e. The summed E-state index contributed by atoms with van der Waals surface area (Å²) >= 11 is 0. The molecule has 0 saturated carbocycles. The van der Waals surface area contributed by atoms with Gasteiger partial charge in [-0.3, -0.25) is 4.90 Å². The van der Waals surface area contributed by atoms with Crippen molar-refractivity contribution in [2.75, 3.05) is 26.3 Å². The van der Waals surface area contributed by atoms with Crippen molar-refractivity contribution in [2.45, 2.75) is 52.4 Å². The lowest BCUT2D eigenvalue weighted by molar-refractivity contribution is 0.589. The first-order valence-electron chi connectivity index (χ1n) is 29.7. The van der Waals surface area contributed by atoms with Gasteiger partial charge in [-0.15, -0.1) is 0 Å². The number of benzene rings is 9. The Morgan fingerprint density at radius 2 is 0.973 bits per heavy atom. The van der Waals surface area contributed by atoms with Crippen molar-refractivity contribution in [1.29, 1.82) is 0 Å². The molecule has 0 bridgehead atoms. The van der Waals surface area contributed by atoms with Gasteiger partial charge in [-0.05, 0) is 117 Å². The van der Waals surface area contributed by atoms with E-state index in [1.807, 2.05) is 53.6 Å². The predicted molar refractivity (Wildman–Crippen MR) is 308 cm³/mol. The van der Waals surface area contributed by atoms with Crippen molar-refractivity contribution in [1.82, 2.24) is 4.98 Å².